The van der Waals surface area contributed by atoms with E-state index in [9.17, 15) is 18.4 Å². The first kappa shape index (κ1) is 17.1. The number of carbonyl (C=O) groups is 2. The van der Waals surface area contributed by atoms with E-state index in [0.717, 1.165) is 18.2 Å². The van der Waals surface area contributed by atoms with Crippen molar-refractivity contribution >= 4 is 27.7 Å². The monoisotopic (exact) mass is 384 g/mol. The maximum atomic E-state index is 13.5. The lowest BCUT2D eigenvalue weighted by Crippen LogP contribution is -2.15. The third-order valence-corrected chi connectivity index (χ3v) is 3.57. The van der Waals surface area contributed by atoms with Gasteiger partial charge in [0.2, 0.25) is 5.78 Å². The highest BCUT2D eigenvalue weighted by molar-refractivity contribution is 9.10. The van der Waals surface area contributed by atoms with Crippen LogP contribution in [0.4, 0.5) is 8.78 Å². The van der Waals surface area contributed by atoms with E-state index in [1.54, 1.807) is 6.07 Å². The normalized spacial score (nSPS) is 10.3. The molecule has 2 rings (SSSR count). The number of ketones is 1. The van der Waals surface area contributed by atoms with E-state index >= 15 is 0 Å². The molecule has 0 heterocycles. The Morgan fingerprint density at radius 2 is 1.87 bits per heavy atom. The molecule has 120 valence electrons. The Morgan fingerprint density at radius 1 is 1.13 bits per heavy atom. The number of rotatable bonds is 5. The molecule has 0 saturated carbocycles. The highest BCUT2D eigenvalue weighted by Gasteiger charge is 2.16. The van der Waals surface area contributed by atoms with Crippen molar-refractivity contribution in [2.24, 2.45) is 0 Å². The summed E-state index contributed by atoms with van der Waals surface area (Å²) in [6.07, 6.45) is 0. The summed E-state index contributed by atoms with van der Waals surface area (Å²) >= 11 is 3.22. The second-order valence-electron chi connectivity index (χ2n) is 4.47. The van der Waals surface area contributed by atoms with E-state index in [1.165, 1.54) is 19.2 Å². The predicted octanol–water partition coefficient (Wildman–Crippen LogP) is 3.78. The van der Waals surface area contributed by atoms with Crippen molar-refractivity contribution in [1.29, 1.82) is 0 Å². The first-order chi connectivity index (χ1) is 10.9. The molecular formula is C16H11BrF2O4. The molecule has 0 spiro atoms. The topological polar surface area (TPSA) is 52.6 Å². The van der Waals surface area contributed by atoms with E-state index in [4.69, 9.17) is 9.47 Å². The molecule has 0 saturated heterocycles. The highest BCUT2D eigenvalue weighted by atomic mass is 79.9. The number of benzene rings is 2. The SMILES string of the molecule is COc1ccc(C(=O)OCC(=O)c2cc(F)ccc2F)cc1Br. The number of hydrogen-bond donors (Lipinski definition) is 0. The third-order valence-electron chi connectivity index (χ3n) is 2.95. The molecular weight excluding hydrogens is 374 g/mol. The zero-order chi connectivity index (χ0) is 17.0. The zero-order valence-electron chi connectivity index (χ0n) is 11.9. The number of hydrogen-bond acceptors (Lipinski definition) is 4. The molecule has 2 aromatic rings. The first-order valence-corrected chi connectivity index (χ1v) is 7.20. The first-order valence-electron chi connectivity index (χ1n) is 6.41. The fourth-order valence-electron chi connectivity index (χ4n) is 1.80. The largest absolute Gasteiger partial charge is 0.496 e. The van der Waals surface area contributed by atoms with E-state index in [-0.39, 0.29) is 5.56 Å². The Hall–Kier alpha value is -2.28. The zero-order valence-corrected chi connectivity index (χ0v) is 13.5. The molecule has 23 heavy (non-hydrogen) atoms. The molecule has 0 unspecified atom stereocenters. The maximum Gasteiger partial charge on any atom is 0.338 e. The lowest BCUT2D eigenvalue weighted by molar-refractivity contribution is 0.0473. The van der Waals surface area contributed by atoms with Crippen LogP contribution in [-0.4, -0.2) is 25.5 Å². The number of carbonyl (C=O) groups excluding carboxylic acids is 2. The summed E-state index contributed by atoms with van der Waals surface area (Å²) in [4.78, 5) is 23.7. The van der Waals surface area contributed by atoms with Crippen molar-refractivity contribution in [3.05, 3.63) is 63.6 Å². The fraction of sp³-hybridized carbons (Fsp3) is 0.125. The lowest BCUT2D eigenvalue weighted by atomic mass is 10.1. The van der Waals surface area contributed by atoms with Crippen LogP contribution >= 0.6 is 15.9 Å². The molecule has 0 aliphatic carbocycles. The van der Waals surface area contributed by atoms with Crippen molar-refractivity contribution in [2.75, 3.05) is 13.7 Å². The molecule has 0 amide bonds. The standard InChI is InChI=1S/C16H11BrF2O4/c1-22-15-5-2-9(6-12(15)17)16(21)23-8-14(20)11-7-10(18)3-4-13(11)19/h2-7H,8H2,1H3. The minimum Gasteiger partial charge on any atom is -0.496 e. The van der Waals surface area contributed by atoms with Crippen LogP contribution in [0.15, 0.2) is 40.9 Å². The van der Waals surface area contributed by atoms with Crippen molar-refractivity contribution < 1.29 is 27.8 Å². The van der Waals surface area contributed by atoms with E-state index in [2.05, 4.69) is 15.9 Å². The molecule has 0 radical (unpaired) electrons. The van der Waals surface area contributed by atoms with E-state index < -0.39 is 35.6 Å². The Bertz CT molecular complexity index is 762. The molecule has 0 aliphatic rings. The molecule has 7 heteroatoms. The number of ether oxygens (including phenoxy) is 2. The second-order valence-corrected chi connectivity index (χ2v) is 5.33. The van der Waals surface area contributed by atoms with Crippen LogP contribution in [0.25, 0.3) is 0 Å². The summed E-state index contributed by atoms with van der Waals surface area (Å²) in [6, 6.07) is 6.97. The van der Waals surface area contributed by atoms with Crippen molar-refractivity contribution in [2.45, 2.75) is 0 Å². The summed E-state index contributed by atoms with van der Waals surface area (Å²) in [5, 5.41) is 0. The van der Waals surface area contributed by atoms with Gasteiger partial charge in [0.25, 0.3) is 0 Å². The van der Waals surface area contributed by atoms with Gasteiger partial charge in [-0.3, -0.25) is 4.79 Å². The summed E-state index contributed by atoms with van der Waals surface area (Å²) in [6.45, 7) is -0.692. The maximum absolute atomic E-state index is 13.5. The number of Topliss-reactive ketones (excluding diaryl/α,β-unsaturated/α-hetero) is 1. The quantitative estimate of drug-likeness (QED) is 0.581. The summed E-state index contributed by atoms with van der Waals surface area (Å²) in [5.41, 5.74) is -0.279. The molecule has 0 bridgehead atoms. The van der Waals surface area contributed by atoms with Crippen LogP contribution in [-0.2, 0) is 4.74 Å². The molecule has 0 aliphatic heterocycles. The van der Waals surface area contributed by atoms with Crippen LogP contribution in [0, 0.1) is 11.6 Å². The highest BCUT2D eigenvalue weighted by Crippen LogP contribution is 2.25. The van der Waals surface area contributed by atoms with Crippen molar-refractivity contribution in [3.63, 3.8) is 0 Å². The van der Waals surface area contributed by atoms with Crippen molar-refractivity contribution in [1.82, 2.24) is 0 Å². The van der Waals surface area contributed by atoms with Crippen LogP contribution in [0.1, 0.15) is 20.7 Å². The molecule has 4 nitrogen and oxygen atoms in total. The van der Waals surface area contributed by atoms with Gasteiger partial charge in [-0.2, -0.15) is 0 Å². The Kier molecular flexibility index (Phi) is 5.44. The fourth-order valence-corrected chi connectivity index (χ4v) is 2.34. The summed E-state index contributed by atoms with van der Waals surface area (Å²) in [7, 11) is 1.48. The average Bonchev–Trinajstić information content (AvgIpc) is 2.54. The molecule has 2 aromatic carbocycles. The predicted molar refractivity (Wildman–Crippen MR) is 81.7 cm³/mol. The minimum atomic E-state index is -0.875. The number of esters is 1. The Labute approximate surface area is 139 Å². The minimum absolute atomic E-state index is 0.185. The van der Waals surface area contributed by atoms with Gasteiger partial charge in [0.1, 0.15) is 17.4 Å². The van der Waals surface area contributed by atoms with Gasteiger partial charge in [-0.25, -0.2) is 13.6 Å². The van der Waals surface area contributed by atoms with Gasteiger partial charge < -0.3 is 9.47 Å². The van der Waals surface area contributed by atoms with Crippen LogP contribution in [0.3, 0.4) is 0 Å². The van der Waals surface area contributed by atoms with Crippen molar-refractivity contribution in [3.8, 4) is 5.75 Å². The Balaban J connectivity index is 2.05. The van der Waals surface area contributed by atoms with Gasteiger partial charge in [0, 0.05) is 0 Å². The summed E-state index contributed by atoms with van der Waals surface area (Å²) < 4.78 is 36.9. The van der Waals surface area contributed by atoms with Gasteiger partial charge in [-0.05, 0) is 52.3 Å². The van der Waals surface area contributed by atoms with E-state index in [0.29, 0.717) is 10.2 Å². The molecule has 0 atom stereocenters. The molecule has 0 N–H and O–H groups in total. The smallest absolute Gasteiger partial charge is 0.338 e. The van der Waals surface area contributed by atoms with Gasteiger partial charge in [-0.1, -0.05) is 0 Å². The van der Waals surface area contributed by atoms with Crippen LogP contribution in [0.2, 0.25) is 0 Å². The number of methoxy groups -OCH3 is 1. The van der Waals surface area contributed by atoms with Gasteiger partial charge in [-0.15, -0.1) is 0 Å². The lowest BCUT2D eigenvalue weighted by Gasteiger charge is -2.07. The Morgan fingerprint density at radius 3 is 2.52 bits per heavy atom. The van der Waals surface area contributed by atoms with E-state index in [1.807, 2.05) is 0 Å². The molecule has 0 fully saturated rings. The average molecular weight is 385 g/mol. The van der Waals surface area contributed by atoms with Gasteiger partial charge >= 0.3 is 5.97 Å². The third kappa shape index (κ3) is 4.13. The van der Waals surface area contributed by atoms with Gasteiger partial charge in [0.05, 0.1) is 22.7 Å². The number of halogens is 3. The summed E-state index contributed by atoms with van der Waals surface area (Å²) in [5.74, 6) is -2.69. The second kappa shape index (κ2) is 7.32. The van der Waals surface area contributed by atoms with Gasteiger partial charge in [0.15, 0.2) is 6.61 Å². The van der Waals surface area contributed by atoms with Crippen LogP contribution in [0.5, 0.6) is 5.75 Å². The van der Waals surface area contributed by atoms with Crippen LogP contribution < -0.4 is 4.74 Å². The molecule has 0 aromatic heterocycles.